The summed E-state index contributed by atoms with van der Waals surface area (Å²) in [5, 5.41) is 5.69. The van der Waals surface area contributed by atoms with Gasteiger partial charge in [-0.3, -0.25) is 9.59 Å². The summed E-state index contributed by atoms with van der Waals surface area (Å²) in [4.78, 5) is 24.5. The van der Waals surface area contributed by atoms with Crippen LogP contribution >= 0.6 is 0 Å². The van der Waals surface area contributed by atoms with Gasteiger partial charge in [-0.2, -0.15) is 0 Å². The summed E-state index contributed by atoms with van der Waals surface area (Å²) in [5.41, 5.74) is 1.61. The predicted octanol–water partition coefficient (Wildman–Crippen LogP) is 4.60. The zero-order valence-electron chi connectivity index (χ0n) is 13.9. The summed E-state index contributed by atoms with van der Waals surface area (Å²) in [6.07, 6.45) is 5.28. The lowest BCUT2D eigenvalue weighted by Gasteiger charge is -2.20. The Labute approximate surface area is 146 Å². The second-order valence-corrected chi connectivity index (χ2v) is 6.37. The summed E-state index contributed by atoms with van der Waals surface area (Å²) in [6.45, 7) is 0. The van der Waals surface area contributed by atoms with E-state index in [4.69, 9.17) is 0 Å². The number of benzene rings is 2. The van der Waals surface area contributed by atoms with Crippen LogP contribution in [0.2, 0.25) is 0 Å². The number of carbonyl (C=O) groups excluding carboxylic acids is 2. The van der Waals surface area contributed by atoms with E-state index in [-0.39, 0.29) is 23.5 Å². The molecule has 1 saturated carbocycles. The van der Waals surface area contributed by atoms with Crippen molar-refractivity contribution in [2.24, 2.45) is 5.92 Å². The Morgan fingerprint density at radius 1 is 0.880 bits per heavy atom. The van der Waals surface area contributed by atoms with Gasteiger partial charge in [0.15, 0.2) is 0 Å². The van der Waals surface area contributed by atoms with Gasteiger partial charge >= 0.3 is 0 Å². The van der Waals surface area contributed by atoms with E-state index >= 15 is 0 Å². The van der Waals surface area contributed by atoms with Gasteiger partial charge in [-0.05, 0) is 55.3 Å². The monoisotopic (exact) mass is 340 g/mol. The summed E-state index contributed by atoms with van der Waals surface area (Å²) in [6, 6.07) is 12.4. The van der Waals surface area contributed by atoms with Crippen LogP contribution in [0.5, 0.6) is 0 Å². The van der Waals surface area contributed by atoms with Crippen LogP contribution in [-0.4, -0.2) is 11.8 Å². The maximum absolute atomic E-state index is 12.9. The largest absolute Gasteiger partial charge is 0.326 e. The molecule has 0 bridgehead atoms. The van der Waals surface area contributed by atoms with Crippen LogP contribution in [0.4, 0.5) is 15.8 Å². The van der Waals surface area contributed by atoms with E-state index in [1.807, 2.05) is 0 Å². The van der Waals surface area contributed by atoms with Gasteiger partial charge in [0.05, 0.1) is 0 Å². The molecule has 25 heavy (non-hydrogen) atoms. The summed E-state index contributed by atoms with van der Waals surface area (Å²) >= 11 is 0. The first-order chi connectivity index (χ1) is 12.1. The van der Waals surface area contributed by atoms with Crippen molar-refractivity contribution in [3.05, 3.63) is 59.9 Å². The Hall–Kier alpha value is -2.69. The second kappa shape index (κ2) is 7.92. The first kappa shape index (κ1) is 17.1. The maximum Gasteiger partial charge on any atom is 0.255 e. The molecule has 0 saturated heterocycles. The number of carbonyl (C=O) groups is 2. The van der Waals surface area contributed by atoms with Crippen LogP contribution in [0.1, 0.15) is 42.5 Å². The van der Waals surface area contributed by atoms with Crippen molar-refractivity contribution in [3.63, 3.8) is 0 Å². The van der Waals surface area contributed by atoms with Gasteiger partial charge in [0, 0.05) is 22.9 Å². The van der Waals surface area contributed by atoms with Gasteiger partial charge in [-0.25, -0.2) is 4.39 Å². The molecule has 0 aromatic heterocycles. The van der Waals surface area contributed by atoms with E-state index in [9.17, 15) is 14.0 Å². The molecule has 0 unspecified atom stereocenters. The number of hydrogen-bond acceptors (Lipinski definition) is 2. The molecular weight excluding hydrogens is 319 g/mol. The van der Waals surface area contributed by atoms with Crippen molar-refractivity contribution in [3.8, 4) is 0 Å². The quantitative estimate of drug-likeness (QED) is 0.855. The van der Waals surface area contributed by atoms with Gasteiger partial charge in [-0.1, -0.05) is 25.3 Å². The van der Waals surface area contributed by atoms with Crippen LogP contribution in [-0.2, 0) is 4.79 Å². The molecule has 0 atom stereocenters. The van der Waals surface area contributed by atoms with E-state index in [0.29, 0.717) is 16.9 Å². The number of halogens is 1. The molecule has 2 aromatic carbocycles. The van der Waals surface area contributed by atoms with Gasteiger partial charge < -0.3 is 10.6 Å². The SMILES string of the molecule is O=C(Nc1cccc(NC(=O)C2CCCCC2)c1)c1ccc(F)cc1. The van der Waals surface area contributed by atoms with Crippen molar-refractivity contribution < 1.29 is 14.0 Å². The first-order valence-electron chi connectivity index (χ1n) is 8.60. The molecule has 0 aliphatic heterocycles. The number of hydrogen-bond donors (Lipinski definition) is 2. The van der Waals surface area contributed by atoms with E-state index < -0.39 is 0 Å². The zero-order chi connectivity index (χ0) is 17.6. The molecule has 1 aliphatic carbocycles. The Balaban J connectivity index is 1.63. The van der Waals surface area contributed by atoms with Gasteiger partial charge in [0.1, 0.15) is 5.82 Å². The molecule has 2 N–H and O–H groups in total. The van der Waals surface area contributed by atoms with Crippen molar-refractivity contribution in [2.45, 2.75) is 32.1 Å². The van der Waals surface area contributed by atoms with E-state index in [0.717, 1.165) is 25.7 Å². The van der Waals surface area contributed by atoms with Crippen LogP contribution < -0.4 is 10.6 Å². The highest BCUT2D eigenvalue weighted by molar-refractivity contribution is 6.04. The summed E-state index contributed by atoms with van der Waals surface area (Å²) in [5.74, 6) is -0.590. The molecule has 1 aliphatic rings. The Morgan fingerprint density at radius 3 is 2.20 bits per heavy atom. The molecule has 4 nitrogen and oxygen atoms in total. The lowest BCUT2D eigenvalue weighted by atomic mass is 9.88. The number of anilines is 2. The first-order valence-corrected chi connectivity index (χ1v) is 8.60. The lowest BCUT2D eigenvalue weighted by Crippen LogP contribution is -2.24. The maximum atomic E-state index is 12.9. The van der Waals surface area contributed by atoms with Crippen LogP contribution in [0.25, 0.3) is 0 Å². The van der Waals surface area contributed by atoms with Gasteiger partial charge in [0.2, 0.25) is 5.91 Å². The third kappa shape index (κ3) is 4.66. The normalized spacial score (nSPS) is 14.8. The number of nitrogens with one attached hydrogen (secondary N) is 2. The summed E-state index contributed by atoms with van der Waals surface area (Å²) in [7, 11) is 0. The van der Waals surface area contributed by atoms with Crippen molar-refractivity contribution in [2.75, 3.05) is 10.6 Å². The molecule has 2 amide bonds. The highest BCUT2D eigenvalue weighted by atomic mass is 19.1. The van der Waals surface area contributed by atoms with Gasteiger partial charge in [-0.15, -0.1) is 0 Å². The third-order valence-electron chi connectivity index (χ3n) is 4.47. The van der Waals surface area contributed by atoms with Crippen LogP contribution in [0, 0.1) is 11.7 Å². The predicted molar refractivity (Wildman–Crippen MR) is 96.0 cm³/mol. The van der Waals surface area contributed by atoms with Crippen molar-refractivity contribution in [1.29, 1.82) is 0 Å². The molecular formula is C20H21FN2O2. The van der Waals surface area contributed by atoms with Crippen molar-refractivity contribution >= 4 is 23.2 Å². The molecule has 5 heteroatoms. The van der Waals surface area contributed by atoms with E-state index in [1.165, 1.54) is 30.7 Å². The average Bonchev–Trinajstić information content (AvgIpc) is 2.63. The number of rotatable bonds is 4. The number of amides is 2. The van der Waals surface area contributed by atoms with E-state index in [1.54, 1.807) is 24.3 Å². The molecule has 130 valence electrons. The molecule has 1 fully saturated rings. The summed E-state index contributed by atoms with van der Waals surface area (Å²) < 4.78 is 12.9. The average molecular weight is 340 g/mol. The van der Waals surface area contributed by atoms with Crippen LogP contribution in [0.15, 0.2) is 48.5 Å². The molecule has 0 spiro atoms. The highest BCUT2D eigenvalue weighted by Gasteiger charge is 2.21. The fraction of sp³-hybridized carbons (Fsp3) is 0.300. The second-order valence-electron chi connectivity index (χ2n) is 6.37. The minimum atomic E-state index is -0.385. The minimum Gasteiger partial charge on any atom is -0.326 e. The Bertz CT molecular complexity index is 753. The fourth-order valence-electron chi connectivity index (χ4n) is 3.09. The molecule has 2 aromatic rings. The smallest absolute Gasteiger partial charge is 0.255 e. The minimum absolute atomic E-state index is 0.0433. The highest BCUT2D eigenvalue weighted by Crippen LogP contribution is 2.25. The Morgan fingerprint density at radius 2 is 1.52 bits per heavy atom. The fourth-order valence-corrected chi connectivity index (χ4v) is 3.09. The van der Waals surface area contributed by atoms with Crippen LogP contribution in [0.3, 0.4) is 0 Å². The molecule has 0 heterocycles. The Kier molecular flexibility index (Phi) is 5.43. The van der Waals surface area contributed by atoms with E-state index in [2.05, 4.69) is 10.6 Å². The third-order valence-corrected chi connectivity index (χ3v) is 4.47. The standard InChI is InChI=1S/C20H21FN2O2/c21-16-11-9-15(10-12-16)20(25)23-18-8-4-7-17(13-18)22-19(24)14-5-2-1-3-6-14/h4,7-14H,1-3,5-6H2,(H,22,24)(H,23,25). The molecule has 3 rings (SSSR count). The molecule has 0 radical (unpaired) electrons. The van der Waals surface area contributed by atoms with Gasteiger partial charge in [0.25, 0.3) is 5.91 Å². The zero-order valence-corrected chi connectivity index (χ0v) is 13.9. The lowest BCUT2D eigenvalue weighted by molar-refractivity contribution is -0.120. The topological polar surface area (TPSA) is 58.2 Å². The van der Waals surface area contributed by atoms with Crippen molar-refractivity contribution in [1.82, 2.24) is 0 Å².